The van der Waals surface area contributed by atoms with Crippen LogP contribution in [0.1, 0.15) is 19.3 Å². The standard InChI is InChI=1S/C18H25F3N8O6/c1-24-18(11(14(32)33)10(13(30)31)12(18)29(34)35)27-6-3-2-5-17(25-7-4-8-26-17)28(15(22)23)9-16(19,20)21/h4,7-8,12,24-25,27H,2-3,5-6,9H2,1H3,(H3,22,23)(H,30,31)(H,32,33). The van der Waals surface area contributed by atoms with Gasteiger partial charge in [0.25, 0.3) is 6.04 Å². The first-order chi connectivity index (χ1) is 16.2. The summed E-state index contributed by atoms with van der Waals surface area (Å²) in [6.07, 6.45) is -0.376. The Hall–Kier alpha value is -3.73. The fraction of sp³-hybridized carbons (Fsp3) is 0.556. The number of nitrogens with zero attached hydrogens (tertiary/aromatic N) is 3. The van der Waals surface area contributed by atoms with Crippen molar-refractivity contribution >= 4 is 24.1 Å². The van der Waals surface area contributed by atoms with Crippen LogP contribution >= 0.6 is 0 Å². The lowest BCUT2D eigenvalue weighted by Gasteiger charge is -2.44. The van der Waals surface area contributed by atoms with Crippen molar-refractivity contribution in [2.75, 3.05) is 20.1 Å². The van der Waals surface area contributed by atoms with E-state index in [1.54, 1.807) is 0 Å². The third-order valence-electron chi connectivity index (χ3n) is 5.61. The monoisotopic (exact) mass is 506 g/mol. The molecule has 2 aliphatic rings. The number of hydrogen-bond donors (Lipinski definition) is 7. The number of nitrogens with one attached hydrogen (secondary N) is 4. The lowest BCUT2D eigenvalue weighted by atomic mass is 9.71. The van der Waals surface area contributed by atoms with E-state index in [9.17, 15) is 43.1 Å². The molecule has 0 aromatic rings. The topological polar surface area (TPSA) is 219 Å². The van der Waals surface area contributed by atoms with Crippen molar-refractivity contribution in [1.82, 2.24) is 20.9 Å². The number of allylic oxidation sites excluding steroid dienone is 1. The van der Waals surface area contributed by atoms with Crippen molar-refractivity contribution in [3.05, 3.63) is 33.5 Å². The van der Waals surface area contributed by atoms with Crippen molar-refractivity contribution in [3.8, 4) is 0 Å². The van der Waals surface area contributed by atoms with Crippen molar-refractivity contribution in [1.29, 1.82) is 5.41 Å². The van der Waals surface area contributed by atoms with Crippen molar-refractivity contribution in [2.45, 2.75) is 42.9 Å². The number of carboxylic acid groups (broad SMARTS) is 2. The summed E-state index contributed by atoms with van der Waals surface area (Å²) in [5.74, 6) is -5.96. The van der Waals surface area contributed by atoms with E-state index in [0.29, 0.717) is 4.90 Å². The molecular formula is C18H25F3N8O6. The Morgan fingerprint density at radius 2 is 2.03 bits per heavy atom. The molecule has 2 rings (SSSR count). The van der Waals surface area contributed by atoms with E-state index in [-0.39, 0.29) is 25.8 Å². The molecule has 194 valence electrons. The SMILES string of the molecule is CNC1(NCCCCC2(N(CC(F)(F)F)C(=N)N)N=CC=CN2)C(C(=O)O)=C(C(=O)O)C1[N+](=O)[O-]. The van der Waals surface area contributed by atoms with Crippen LogP contribution in [0.15, 0.2) is 28.4 Å². The number of halogens is 3. The summed E-state index contributed by atoms with van der Waals surface area (Å²) in [6.45, 7) is -1.61. The Labute approximate surface area is 196 Å². The number of carboxylic acids is 2. The van der Waals surface area contributed by atoms with Crippen molar-refractivity contribution in [2.24, 2.45) is 10.7 Å². The van der Waals surface area contributed by atoms with Crippen LogP contribution in [-0.4, -0.2) is 88.0 Å². The van der Waals surface area contributed by atoms with Gasteiger partial charge in [0.1, 0.15) is 12.1 Å². The van der Waals surface area contributed by atoms with E-state index < -0.39 is 64.2 Å². The molecule has 0 aromatic heterocycles. The lowest BCUT2D eigenvalue weighted by molar-refractivity contribution is -0.529. The summed E-state index contributed by atoms with van der Waals surface area (Å²) in [5.41, 5.74) is 1.86. The van der Waals surface area contributed by atoms with Gasteiger partial charge in [0, 0.05) is 23.8 Å². The number of unbranched alkanes of at least 4 members (excludes halogenated alkanes) is 1. The third-order valence-corrected chi connectivity index (χ3v) is 5.61. The van der Waals surface area contributed by atoms with E-state index >= 15 is 0 Å². The van der Waals surface area contributed by atoms with E-state index in [0.717, 1.165) is 0 Å². The summed E-state index contributed by atoms with van der Waals surface area (Å²) < 4.78 is 39.3. The Kier molecular flexibility index (Phi) is 8.07. The first kappa shape index (κ1) is 27.5. The van der Waals surface area contributed by atoms with Gasteiger partial charge in [-0.2, -0.15) is 13.2 Å². The highest BCUT2D eigenvalue weighted by Crippen LogP contribution is 2.39. The van der Waals surface area contributed by atoms with E-state index in [1.165, 1.54) is 25.5 Å². The Morgan fingerprint density at radius 1 is 1.37 bits per heavy atom. The Morgan fingerprint density at radius 3 is 2.46 bits per heavy atom. The molecule has 1 aliphatic carbocycles. The molecular weight excluding hydrogens is 481 g/mol. The average molecular weight is 506 g/mol. The molecule has 35 heavy (non-hydrogen) atoms. The summed E-state index contributed by atoms with van der Waals surface area (Å²) in [4.78, 5) is 38.3. The van der Waals surface area contributed by atoms with Gasteiger partial charge in [-0.15, -0.1) is 0 Å². The van der Waals surface area contributed by atoms with Gasteiger partial charge in [-0.1, -0.05) is 0 Å². The number of alkyl halides is 3. The molecule has 0 saturated carbocycles. The van der Waals surface area contributed by atoms with Crippen LogP contribution in [0.3, 0.4) is 0 Å². The zero-order chi connectivity index (χ0) is 26.6. The highest BCUT2D eigenvalue weighted by molar-refractivity contribution is 6.05. The third kappa shape index (κ3) is 5.51. The molecule has 1 heterocycles. The zero-order valence-corrected chi connectivity index (χ0v) is 18.4. The van der Waals surface area contributed by atoms with Crippen LogP contribution in [0.5, 0.6) is 0 Å². The van der Waals surface area contributed by atoms with E-state index in [4.69, 9.17) is 11.1 Å². The highest BCUT2D eigenvalue weighted by Gasteiger charge is 2.66. The van der Waals surface area contributed by atoms with Crippen LogP contribution < -0.4 is 21.7 Å². The second-order valence-electron chi connectivity index (χ2n) is 7.71. The number of rotatable bonds is 12. The molecule has 14 nitrogen and oxygen atoms in total. The number of guanidine groups is 1. The summed E-state index contributed by atoms with van der Waals surface area (Å²) in [6, 6.07) is -1.89. The number of aliphatic imine (C=N–C) groups is 1. The van der Waals surface area contributed by atoms with Gasteiger partial charge in [0.2, 0.25) is 5.79 Å². The van der Waals surface area contributed by atoms with Gasteiger partial charge in [-0.05, 0) is 32.5 Å². The average Bonchev–Trinajstić information content (AvgIpc) is 2.72. The number of hydrogen-bond acceptors (Lipinski definition) is 9. The normalized spacial score (nSPS) is 25.5. The van der Waals surface area contributed by atoms with Crippen LogP contribution in [0, 0.1) is 15.5 Å². The van der Waals surface area contributed by atoms with Crippen LogP contribution in [0.2, 0.25) is 0 Å². The lowest BCUT2D eigenvalue weighted by Crippen LogP contribution is -2.75. The number of likely N-dealkylation sites (N-methyl/N-ethyl adjacent to an activating group) is 1. The molecule has 17 heteroatoms. The maximum atomic E-state index is 13.1. The zero-order valence-electron chi connectivity index (χ0n) is 18.4. The predicted octanol–water partition coefficient (Wildman–Crippen LogP) is -0.614. The second-order valence-corrected chi connectivity index (χ2v) is 7.71. The predicted molar refractivity (Wildman–Crippen MR) is 115 cm³/mol. The van der Waals surface area contributed by atoms with Gasteiger partial charge in [-0.25, -0.2) is 14.6 Å². The first-order valence-corrected chi connectivity index (χ1v) is 10.2. The van der Waals surface area contributed by atoms with Gasteiger partial charge in [0.15, 0.2) is 11.6 Å². The van der Waals surface area contributed by atoms with Gasteiger partial charge in [-0.3, -0.25) is 31.1 Å². The maximum Gasteiger partial charge on any atom is 0.406 e. The molecule has 0 radical (unpaired) electrons. The van der Waals surface area contributed by atoms with Crippen LogP contribution in [-0.2, 0) is 9.59 Å². The van der Waals surface area contributed by atoms with Crippen molar-refractivity contribution < 1.29 is 37.9 Å². The molecule has 0 saturated heterocycles. The number of carbonyl (C=O) groups is 2. The highest BCUT2D eigenvalue weighted by atomic mass is 19.4. The Balaban J connectivity index is 2.15. The molecule has 0 bridgehead atoms. The number of nitro groups is 1. The van der Waals surface area contributed by atoms with Gasteiger partial charge in [0.05, 0.1) is 5.57 Å². The number of nitrogens with two attached hydrogens (primary N) is 1. The molecule has 0 spiro atoms. The Bertz CT molecular complexity index is 984. The van der Waals surface area contributed by atoms with Crippen LogP contribution in [0.4, 0.5) is 13.2 Å². The van der Waals surface area contributed by atoms with Crippen LogP contribution in [0.25, 0.3) is 0 Å². The molecule has 0 fully saturated rings. The van der Waals surface area contributed by atoms with Crippen molar-refractivity contribution in [3.63, 3.8) is 0 Å². The second kappa shape index (κ2) is 10.3. The molecule has 3 unspecified atom stereocenters. The quantitative estimate of drug-likeness (QED) is 0.0442. The summed E-state index contributed by atoms with van der Waals surface area (Å²) in [7, 11) is 1.23. The molecule has 3 atom stereocenters. The minimum absolute atomic E-state index is 0.0656. The molecule has 1 aliphatic heterocycles. The first-order valence-electron chi connectivity index (χ1n) is 10.2. The summed E-state index contributed by atoms with van der Waals surface area (Å²) in [5, 5.41) is 45.7. The minimum Gasteiger partial charge on any atom is -0.478 e. The largest absolute Gasteiger partial charge is 0.478 e. The number of aliphatic carboxylic acids is 2. The van der Waals surface area contributed by atoms with E-state index in [2.05, 4.69) is 20.9 Å². The smallest absolute Gasteiger partial charge is 0.406 e. The molecule has 8 N–H and O–H groups in total. The van der Waals surface area contributed by atoms with Gasteiger partial charge >= 0.3 is 18.1 Å². The fourth-order valence-corrected chi connectivity index (χ4v) is 4.16. The fourth-order valence-electron chi connectivity index (χ4n) is 4.16. The van der Waals surface area contributed by atoms with Gasteiger partial charge < -0.3 is 21.3 Å². The minimum atomic E-state index is -4.68. The molecule has 0 aromatic carbocycles. The van der Waals surface area contributed by atoms with E-state index in [1.807, 2.05) is 0 Å². The molecule has 0 amide bonds. The maximum absolute atomic E-state index is 13.1. The summed E-state index contributed by atoms with van der Waals surface area (Å²) >= 11 is 0.